The molecule has 7 heteroatoms. The summed E-state index contributed by atoms with van der Waals surface area (Å²) in [5.41, 5.74) is 5.74. The maximum atomic E-state index is 11.6. The number of rotatable bonds is 8. The van der Waals surface area contributed by atoms with Crippen LogP contribution < -0.4 is 15.8 Å². The Bertz CT molecular complexity index is 392. The number of benzene rings is 1. The number of ether oxygens (including phenoxy) is 1. The number of carbonyl (C=O) groups excluding carboxylic acids is 1. The highest BCUT2D eigenvalue weighted by atomic mass is 79.9. The number of thioether (sulfide) groups is 1. The largest absolute Gasteiger partial charge is 0.492 e. The molecule has 0 spiro atoms. The van der Waals surface area contributed by atoms with Crippen LogP contribution >= 0.6 is 40.1 Å². The minimum atomic E-state index is -0.430. The van der Waals surface area contributed by atoms with Gasteiger partial charge in [0.25, 0.3) is 0 Å². The first-order chi connectivity index (χ1) is 9.13. The molecule has 1 amide bonds. The minimum absolute atomic E-state index is 0. The molecule has 114 valence electrons. The van der Waals surface area contributed by atoms with Gasteiger partial charge >= 0.3 is 0 Å². The molecule has 4 nitrogen and oxygen atoms in total. The fraction of sp³-hybridized carbons (Fsp3) is 0.462. The van der Waals surface area contributed by atoms with Gasteiger partial charge in [0.05, 0.1) is 12.6 Å². The predicted octanol–water partition coefficient (Wildman–Crippen LogP) is 2.45. The molecule has 3 N–H and O–H groups in total. The van der Waals surface area contributed by atoms with E-state index in [4.69, 9.17) is 10.5 Å². The van der Waals surface area contributed by atoms with Gasteiger partial charge in [-0.2, -0.15) is 11.8 Å². The van der Waals surface area contributed by atoms with Gasteiger partial charge in [0.1, 0.15) is 12.4 Å². The van der Waals surface area contributed by atoms with Crippen LogP contribution in [0.25, 0.3) is 0 Å². The van der Waals surface area contributed by atoms with E-state index in [1.54, 1.807) is 11.8 Å². The van der Waals surface area contributed by atoms with Crippen LogP contribution in [0.5, 0.6) is 5.75 Å². The zero-order chi connectivity index (χ0) is 14.1. The highest BCUT2D eigenvalue weighted by Crippen LogP contribution is 2.15. The standard InChI is InChI=1S/C13H19BrN2O2S.ClH/c1-19-9-6-12(15)13(17)16-7-8-18-11-4-2-10(14)3-5-11;/h2-5,12H,6-9,15H2,1H3,(H,16,17);1H/t12-;/m0./s1. The molecule has 0 fully saturated rings. The van der Waals surface area contributed by atoms with Crippen molar-refractivity contribution in [3.63, 3.8) is 0 Å². The summed E-state index contributed by atoms with van der Waals surface area (Å²) in [6.45, 7) is 0.893. The zero-order valence-electron chi connectivity index (χ0n) is 11.3. The summed E-state index contributed by atoms with van der Waals surface area (Å²) in [6, 6.07) is 7.13. The SMILES string of the molecule is CSCC[C@H](N)C(=O)NCCOc1ccc(Br)cc1.Cl. The first-order valence-corrected chi connectivity index (χ1v) is 8.22. The van der Waals surface area contributed by atoms with Crippen LogP contribution in [-0.2, 0) is 4.79 Å². The minimum Gasteiger partial charge on any atom is -0.492 e. The summed E-state index contributed by atoms with van der Waals surface area (Å²) in [6.07, 6.45) is 2.69. The molecule has 0 saturated carbocycles. The Kier molecular flexibility index (Phi) is 11.0. The van der Waals surface area contributed by atoms with Crippen molar-refractivity contribution in [1.82, 2.24) is 5.32 Å². The van der Waals surface area contributed by atoms with Crippen LogP contribution in [0.3, 0.4) is 0 Å². The van der Waals surface area contributed by atoms with Crippen molar-refractivity contribution in [2.45, 2.75) is 12.5 Å². The first kappa shape index (κ1) is 19.6. The first-order valence-electron chi connectivity index (χ1n) is 6.04. The molecular formula is C13H20BrClN2O2S. The average molecular weight is 384 g/mol. The number of amides is 1. The van der Waals surface area contributed by atoms with Gasteiger partial charge in [-0.1, -0.05) is 15.9 Å². The summed E-state index contributed by atoms with van der Waals surface area (Å²) in [4.78, 5) is 11.6. The summed E-state index contributed by atoms with van der Waals surface area (Å²) in [7, 11) is 0. The third-order valence-corrected chi connectivity index (χ3v) is 3.63. The molecule has 0 aromatic heterocycles. The van der Waals surface area contributed by atoms with Crippen LogP contribution in [-0.4, -0.2) is 37.1 Å². The molecule has 0 unspecified atom stereocenters. The third-order valence-electron chi connectivity index (χ3n) is 2.45. The van der Waals surface area contributed by atoms with Gasteiger partial charge in [-0.05, 0) is 42.7 Å². The Morgan fingerprint density at radius 1 is 1.45 bits per heavy atom. The molecule has 0 radical (unpaired) electrons. The van der Waals surface area contributed by atoms with Gasteiger partial charge in [0.2, 0.25) is 5.91 Å². The Morgan fingerprint density at radius 3 is 2.70 bits per heavy atom. The van der Waals surface area contributed by atoms with Crippen LogP contribution in [0.4, 0.5) is 0 Å². The quantitative estimate of drug-likeness (QED) is 0.677. The van der Waals surface area contributed by atoms with E-state index in [-0.39, 0.29) is 18.3 Å². The lowest BCUT2D eigenvalue weighted by molar-refractivity contribution is -0.122. The van der Waals surface area contributed by atoms with Gasteiger partial charge in [-0.15, -0.1) is 12.4 Å². The van der Waals surface area contributed by atoms with E-state index in [0.717, 1.165) is 16.0 Å². The number of halogens is 2. The fourth-order valence-corrected chi connectivity index (χ4v) is 2.13. The van der Waals surface area contributed by atoms with Gasteiger partial charge in [-0.3, -0.25) is 4.79 Å². The van der Waals surface area contributed by atoms with E-state index in [9.17, 15) is 4.79 Å². The highest BCUT2D eigenvalue weighted by molar-refractivity contribution is 9.10. The molecule has 1 aromatic rings. The topological polar surface area (TPSA) is 64.4 Å². The summed E-state index contributed by atoms with van der Waals surface area (Å²) >= 11 is 5.04. The number of carbonyl (C=O) groups is 1. The van der Waals surface area contributed by atoms with Crippen LogP contribution in [0.2, 0.25) is 0 Å². The van der Waals surface area contributed by atoms with E-state index in [1.807, 2.05) is 30.5 Å². The van der Waals surface area contributed by atoms with E-state index < -0.39 is 6.04 Å². The number of hydrogen-bond acceptors (Lipinski definition) is 4. The summed E-state index contributed by atoms with van der Waals surface area (Å²) in [5.74, 6) is 1.56. The van der Waals surface area contributed by atoms with Crippen molar-refractivity contribution in [3.05, 3.63) is 28.7 Å². The van der Waals surface area contributed by atoms with E-state index in [0.29, 0.717) is 19.6 Å². The zero-order valence-corrected chi connectivity index (χ0v) is 14.5. The molecule has 1 atom stereocenters. The molecule has 0 bridgehead atoms. The molecule has 0 aliphatic rings. The molecule has 0 heterocycles. The second-order valence-electron chi connectivity index (χ2n) is 3.98. The van der Waals surface area contributed by atoms with Crippen molar-refractivity contribution >= 4 is 46.0 Å². The number of nitrogens with one attached hydrogen (secondary N) is 1. The molecule has 0 aliphatic carbocycles. The molecule has 20 heavy (non-hydrogen) atoms. The molecule has 0 saturated heterocycles. The van der Waals surface area contributed by atoms with Crippen molar-refractivity contribution in [2.75, 3.05) is 25.2 Å². The van der Waals surface area contributed by atoms with Crippen molar-refractivity contribution < 1.29 is 9.53 Å². The lowest BCUT2D eigenvalue weighted by atomic mass is 10.2. The number of nitrogens with two attached hydrogens (primary N) is 1. The second-order valence-corrected chi connectivity index (χ2v) is 5.88. The van der Waals surface area contributed by atoms with Gasteiger partial charge in [0.15, 0.2) is 0 Å². The highest BCUT2D eigenvalue weighted by Gasteiger charge is 2.11. The van der Waals surface area contributed by atoms with Crippen LogP contribution in [0.1, 0.15) is 6.42 Å². The molecule has 1 rings (SSSR count). The lowest BCUT2D eigenvalue weighted by Crippen LogP contribution is -2.42. The second kappa shape index (κ2) is 11.3. The van der Waals surface area contributed by atoms with Crippen molar-refractivity contribution in [1.29, 1.82) is 0 Å². The maximum absolute atomic E-state index is 11.6. The Labute approximate surface area is 138 Å². The maximum Gasteiger partial charge on any atom is 0.237 e. The van der Waals surface area contributed by atoms with Crippen LogP contribution in [0.15, 0.2) is 28.7 Å². The van der Waals surface area contributed by atoms with E-state index >= 15 is 0 Å². The fourth-order valence-electron chi connectivity index (χ4n) is 1.38. The Morgan fingerprint density at radius 2 is 2.10 bits per heavy atom. The Balaban J connectivity index is 0.00000361. The van der Waals surface area contributed by atoms with Gasteiger partial charge in [0, 0.05) is 4.47 Å². The van der Waals surface area contributed by atoms with Crippen molar-refractivity contribution in [3.8, 4) is 5.75 Å². The molecule has 0 aliphatic heterocycles. The lowest BCUT2D eigenvalue weighted by Gasteiger charge is -2.12. The summed E-state index contributed by atoms with van der Waals surface area (Å²) in [5, 5.41) is 2.77. The van der Waals surface area contributed by atoms with Crippen LogP contribution in [0, 0.1) is 0 Å². The van der Waals surface area contributed by atoms with E-state index in [2.05, 4.69) is 21.2 Å². The van der Waals surface area contributed by atoms with Crippen molar-refractivity contribution in [2.24, 2.45) is 5.73 Å². The number of hydrogen-bond donors (Lipinski definition) is 2. The smallest absolute Gasteiger partial charge is 0.237 e. The van der Waals surface area contributed by atoms with E-state index in [1.165, 1.54) is 0 Å². The van der Waals surface area contributed by atoms with Gasteiger partial charge < -0.3 is 15.8 Å². The monoisotopic (exact) mass is 382 g/mol. The molecular weight excluding hydrogens is 364 g/mol. The molecule has 1 aromatic carbocycles. The average Bonchev–Trinajstić information content (AvgIpc) is 2.42. The Hall–Kier alpha value is -0.430. The normalized spacial score (nSPS) is 11.3. The van der Waals surface area contributed by atoms with Gasteiger partial charge in [-0.25, -0.2) is 0 Å². The summed E-state index contributed by atoms with van der Waals surface area (Å²) < 4.78 is 6.50. The predicted molar refractivity (Wildman–Crippen MR) is 90.9 cm³/mol. The third kappa shape index (κ3) is 7.99.